The average molecular weight is 359 g/mol. The summed E-state index contributed by atoms with van der Waals surface area (Å²) in [6.07, 6.45) is 0.900. The molecule has 0 saturated carbocycles. The van der Waals surface area contributed by atoms with Gasteiger partial charge in [-0.2, -0.15) is 0 Å². The number of piperazine rings is 1. The van der Waals surface area contributed by atoms with Gasteiger partial charge in [-0.15, -0.1) is 0 Å². The van der Waals surface area contributed by atoms with E-state index in [1.807, 2.05) is 24.3 Å². The van der Waals surface area contributed by atoms with Gasteiger partial charge < -0.3 is 19.9 Å². The van der Waals surface area contributed by atoms with Crippen LogP contribution in [0.2, 0.25) is 0 Å². The third-order valence-electron chi connectivity index (χ3n) is 5.08. The van der Waals surface area contributed by atoms with E-state index in [0.29, 0.717) is 6.54 Å². The van der Waals surface area contributed by atoms with Gasteiger partial charge in [-0.25, -0.2) is 13.6 Å². The van der Waals surface area contributed by atoms with Gasteiger partial charge >= 0.3 is 6.03 Å². The van der Waals surface area contributed by atoms with E-state index in [2.05, 4.69) is 10.2 Å². The third kappa shape index (κ3) is 2.94. The fraction of sp³-hybridized carbons (Fsp3) is 0.316. The predicted octanol–water partition coefficient (Wildman–Crippen LogP) is 3.47. The molecule has 2 atom stereocenters. The lowest BCUT2D eigenvalue weighted by Gasteiger charge is -2.35. The number of urea groups is 1. The minimum Gasteiger partial charge on any atom is -0.497 e. The zero-order chi connectivity index (χ0) is 18.3. The van der Waals surface area contributed by atoms with Crippen molar-refractivity contribution in [3.63, 3.8) is 0 Å². The number of halogens is 2. The molecule has 2 fully saturated rings. The molecule has 0 aliphatic carbocycles. The molecule has 2 aromatic carbocycles. The van der Waals surface area contributed by atoms with Crippen LogP contribution in [0.1, 0.15) is 6.42 Å². The monoisotopic (exact) mass is 359 g/mol. The van der Waals surface area contributed by atoms with Crippen LogP contribution in [0.3, 0.4) is 0 Å². The molecule has 7 heteroatoms. The number of carbonyl (C=O) groups excluding carboxylic acids is 1. The van der Waals surface area contributed by atoms with Gasteiger partial charge in [-0.1, -0.05) is 0 Å². The molecule has 136 valence electrons. The molecule has 5 nitrogen and oxygen atoms in total. The van der Waals surface area contributed by atoms with Crippen LogP contribution in [0, 0.1) is 11.6 Å². The smallest absolute Gasteiger partial charge is 0.322 e. The predicted molar refractivity (Wildman–Crippen MR) is 94.6 cm³/mol. The maximum absolute atomic E-state index is 13.3. The molecule has 1 N–H and O–H groups in total. The van der Waals surface area contributed by atoms with Crippen LogP contribution >= 0.6 is 0 Å². The van der Waals surface area contributed by atoms with Crippen molar-refractivity contribution in [2.45, 2.75) is 18.5 Å². The molecule has 2 bridgehead atoms. The summed E-state index contributed by atoms with van der Waals surface area (Å²) in [5, 5.41) is 2.65. The maximum atomic E-state index is 13.3. The first-order valence-corrected chi connectivity index (χ1v) is 8.48. The minimum atomic E-state index is -0.976. The van der Waals surface area contributed by atoms with Gasteiger partial charge in [0.1, 0.15) is 5.75 Å². The highest BCUT2D eigenvalue weighted by Gasteiger charge is 2.45. The number of amides is 2. The van der Waals surface area contributed by atoms with Gasteiger partial charge in [0.15, 0.2) is 11.6 Å². The number of nitrogens with one attached hydrogen (secondary N) is 1. The number of hydrogen-bond donors (Lipinski definition) is 1. The van der Waals surface area contributed by atoms with Crippen LogP contribution in [-0.2, 0) is 0 Å². The molecule has 0 aromatic heterocycles. The topological polar surface area (TPSA) is 44.8 Å². The summed E-state index contributed by atoms with van der Waals surface area (Å²) in [6, 6.07) is 11.3. The van der Waals surface area contributed by atoms with Crippen molar-refractivity contribution in [2.75, 3.05) is 30.4 Å². The number of benzene rings is 2. The van der Waals surface area contributed by atoms with Crippen molar-refractivity contribution in [1.29, 1.82) is 0 Å². The lowest BCUT2D eigenvalue weighted by atomic mass is 10.2. The van der Waals surface area contributed by atoms with Crippen LogP contribution in [0.4, 0.5) is 25.0 Å². The van der Waals surface area contributed by atoms with E-state index >= 15 is 0 Å². The Hall–Kier alpha value is -2.83. The molecule has 26 heavy (non-hydrogen) atoms. The van der Waals surface area contributed by atoms with E-state index in [0.717, 1.165) is 36.5 Å². The highest BCUT2D eigenvalue weighted by atomic mass is 19.2. The van der Waals surface area contributed by atoms with E-state index in [1.165, 1.54) is 6.07 Å². The van der Waals surface area contributed by atoms with Crippen molar-refractivity contribution in [1.82, 2.24) is 4.90 Å². The molecule has 4 rings (SSSR count). The van der Waals surface area contributed by atoms with E-state index in [9.17, 15) is 13.6 Å². The van der Waals surface area contributed by atoms with Crippen molar-refractivity contribution in [3.05, 3.63) is 54.1 Å². The molecule has 2 aromatic rings. The van der Waals surface area contributed by atoms with Gasteiger partial charge in [0.05, 0.1) is 13.2 Å². The Morgan fingerprint density at radius 2 is 1.85 bits per heavy atom. The largest absolute Gasteiger partial charge is 0.497 e. The van der Waals surface area contributed by atoms with Gasteiger partial charge in [0, 0.05) is 36.6 Å². The SMILES string of the molecule is COc1ccc(N2C[C@H]3C[C@@H]2CN3C(=O)Nc2ccc(F)c(F)c2)cc1. The highest BCUT2D eigenvalue weighted by Crippen LogP contribution is 2.35. The fourth-order valence-electron chi connectivity index (χ4n) is 3.77. The lowest BCUT2D eigenvalue weighted by molar-refractivity contribution is 0.202. The molecular formula is C19H19F2N3O2. The number of likely N-dealkylation sites (tertiary alicyclic amines) is 1. The zero-order valence-electron chi connectivity index (χ0n) is 14.3. The Labute approximate surface area is 150 Å². The van der Waals surface area contributed by atoms with Crippen LogP contribution < -0.4 is 15.0 Å². The number of anilines is 2. The Balaban J connectivity index is 1.41. The fourth-order valence-corrected chi connectivity index (χ4v) is 3.77. The molecule has 2 saturated heterocycles. The van der Waals surface area contributed by atoms with E-state index in [-0.39, 0.29) is 23.8 Å². The van der Waals surface area contributed by atoms with Gasteiger partial charge in [0.2, 0.25) is 0 Å². The number of fused-ring (bicyclic) bond motifs is 2. The molecular weight excluding hydrogens is 340 g/mol. The zero-order valence-corrected chi connectivity index (χ0v) is 14.3. The van der Waals surface area contributed by atoms with Crippen LogP contribution in [0.5, 0.6) is 5.75 Å². The molecule has 2 aliphatic heterocycles. The first-order valence-electron chi connectivity index (χ1n) is 8.48. The summed E-state index contributed by atoms with van der Waals surface area (Å²) in [5.74, 6) is -1.10. The van der Waals surface area contributed by atoms with Crippen LogP contribution in [-0.4, -0.2) is 43.2 Å². The molecule has 2 heterocycles. The van der Waals surface area contributed by atoms with Crippen molar-refractivity contribution >= 4 is 17.4 Å². The number of carbonyl (C=O) groups is 1. The first kappa shape index (κ1) is 16.6. The molecule has 0 unspecified atom stereocenters. The van der Waals surface area contributed by atoms with Gasteiger partial charge in [0.25, 0.3) is 0 Å². The summed E-state index contributed by atoms with van der Waals surface area (Å²) in [5.41, 5.74) is 1.36. The number of hydrogen-bond acceptors (Lipinski definition) is 3. The normalized spacial score (nSPS) is 21.2. The van der Waals surface area contributed by atoms with Crippen molar-refractivity contribution in [2.24, 2.45) is 0 Å². The summed E-state index contributed by atoms with van der Waals surface area (Å²) in [6.45, 7) is 1.36. The molecule has 2 aliphatic rings. The standard InChI is InChI=1S/C19H19F2N3O2/c1-26-16-5-3-13(4-6-16)23-10-15-9-14(23)11-24(15)19(25)22-12-2-7-17(20)18(21)8-12/h2-8,14-15H,9-11H2,1H3,(H,22,25)/t14-,15-/m1/s1. The summed E-state index contributed by atoms with van der Waals surface area (Å²) >= 11 is 0. The minimum absolute atomic E-state index is 0.104. The summed E-state index contributed by atoms with van der Waals surface area (Å²) in [4.78, 5) is 16.6. The van der Waals surface area contributed by atoms with Crippen molar-refractivity contribution < 1.29 is 18.3 Å². The number of ether oxygens (including phenoxy) is 1. The molecule has 0 radical (unpaired) electrons. The molecule has 2 amide bonds. The Morgan fingerprint density at radius 1 is 1.08 bits per heavy atom. The average Bonchev–Trinajstić information content (AvgIpc) is 3.26. The summed E-state index contributed by atoms with van der Waals surface area (Å²) < 4.78 is 31.5. The number of methoxy groups -OCH3 is 1. The lowest BCUT2D eigenvalue weighted by Crippen LogP contribution is -2.50. The Kier molecular flexibility index (Phi) is 4.14. The van der Waals surface area contributed by atoms with Crippen molar-refractivity contribution in [3.8, 4) is 5.75 Å². The molecule has 0 spiro atoms. The first-order chi connectivity index (χ1) is 12.5. The van der Waals surface area contributed by atoms with E-state index < -0.39 is 11.6 Å². The quantitative estimate of drug-likeness (QED) is 0.913. The van der Waals surface area contributed by atoms with Gasteiger partial charge in [-0.05, 0) is 42.8 Å². The summed E-state index contributed by atoms with van der Waals surface area (Å²) in [7, 11) is 1.64. The van der Waals surface area contributed by atoms with Gasteiger partial charge in [-0.3, -0.25) is 0 Å². The second kappa shape index (κ2) is 6.48. The second-order valence-corrected chi connectivity index (χ2v) is 6.61. The van der Waals surface area contributed by atoms with E-state index in [1.54, 1.807) is 12.0 Å². The Bertz CT molecular complexity index is 828. The third-order valence-corrected chi connectivity index (χ3v) is 5.08. The highest BCUT2D eigenvalue weighted by molar-refractivity contribution is 5.90. The van der Waals surface area contributed by atoms with Crippen LogP contribution in [0.25, 0.3) is 0 Å². The number of rotatable bonds is 3. The second-order valence-electron chi connectivity index (χ2n) is 6.61. The maximum Gasteiger partial charge on any atom is 0.322 e. The van der Waals surface area contributed by atoms with Crippen LogP contribution in [0.15, 0.2) is 42.5 Å². The van der Waals surface area contributed by atoms with E-state index in [4.69, 9.17) is 4.74 Å². The Morgan fingerprint density at radius 3 is 2.46 bits per heavy atom. The number of nitrogens with zero attached hydrogens (tertiary/aromatic N) is 2.